The van der Waals surface area contributed by atoms with E-state index in [1.54, 1.807) is 6.07 Å². The van der Waals surface area contributed by atoms with E-state index in [4.69, 9.17) is 9.47 Å². The van der Waals surface area contributed by atoms with E-state index in [2.05, 4.69) is 10.6 Å². The van der Waals surface area contributed by atoms with Gasteiger partial charge in [0.1, 0.15) is 10.6 Å². The fourth-order valence-corrected chi connectivity index (χ4v) is 4.05. The van der Waals surface area contributed by atoms with Crippen molar-refractivity contribution >= 4 is 27.5 Å². The summed E-state index contributed by atoms with van der Waals surface area (Å²) >= 11 is 0. The summed E-state index contributed by atoms with van der Waals surface area (Å²) < 4.78 is 37.5. The molecule has 1 aromatic carbocycles. The number of hydrogen-bond acceptors (Lipinski definition) is 6. The van der Waals surface area contributed by atoms with Gasteiger partial charge in [-0.3, -0.25) is 9.59 Å². The zero-order valence-electron chi connectivity index (χ0n) is 14.8. The van der Waals surface area contributed by atoms with Crippen LogP contribution in [-0.2, 0) is 24.3 Å². The number of nitrogens with zero attached hydrogens (tertiary/aromatic N) is 1. The summed E-state index contributed by atoms with van der Waals surface area (Å²) in [5.41, 5.74) is 0.338. The normalized spacial score (nSPS) is 15.3. The Bertz CT molecular complexity index is 759. The number of methoxy groups -OCH3 is 1. The molecule has 0 aromatic heterocycles. The zero-order valence-corrected chi connectivity index (χ0v) is 15.6. The largest absolute Gasteiger partial charge is 0.495 e. The number of hydrogen-bond donors (Lipinski definition) is 2. The molecular formula is C16H23N3O6S. The van der Waals surface area contributed by atoms with E-state index >= 15 is 0 Å². The van der Waals surface area contributed by atoms with Crippen LogP contribution < -0.4 is 15.4 Å². The zero-order chi connectivity index (χ0) is 19.2. The van der Waals surface area contributed by atoms with Crippen molar-refractivity contribution in [3.05, 3.63) is 18.2 Å². The van der Waals surface area contributed by atoms with Crippen LogP contribution in [0, 0.1) is 0 Å². The van der Waals surface area contributed by atoms with Crippen LogP contribution in [0.3, 0.4) is 0 Å². The van der Waals surface area contributed by atoms with Crippen LogP contribution in [0.2, 0.25) is 0 Å². The Labute approximate surface area is 152 Å². The summed E-state index contributed by atoms with van der Waals surface area (Å²) in [6.45, 7) is 2.76. The Morgan fingerprint density at radius 2 is 1.96 bits per heavy atom. The molecule has 1 aliphatic heterocycles. The van der Waals surface area contributed by atoms with E-state index in [-0.39, 0.29) is 48.5 Å². The van der Waals surface area contributed by atoms with Crippen LogP contribution in [0.15, 0.2) is 23.1 Å². The molecule has 144 valence electrons. The molecule has 1 aromatic rings. The monoisotopic (exact) mass is 385 g/mol. The highest BCUT2D eigenvalue weighted by Crippen LogP contribution is 2.30. The summed E-state index contributed by atoms with van der Waals surface area (Å²) in [6.07, 6.45) is 0.0805. The quantitative estimate of drug-likeness (QED) is 0.692. The molecule has 2 rings (SSSR count). The summed E-state index contributed by atoms with van der Waals surface area (Å²) in [6, 6.07) is 4.43. The van der Waals surface area contributed by atoms with Crippen LogP contribution in [0.1, 0.15) is 13.3 Å². The Hall–Kier alpha value is -2.17. The molecule has 0 radical (unpaired) electrons. The van der Waals surface area contributed by atoms with E-state index in [9.17, 15) is 18.0 Å². The number of rotatable bonds is 7. The van der Waals surface area contributed by atoms with Gasteiger partial charge < -0.3 is 20.1 Å². The number of benzene rings is 1. The van der Waals surface area contributed by atoms with Gasteiger partial charge in [0.05, 0.1) is 20.3 Å². The Balaban J connectivity index is 2.17. The SMILES string of the molecule is COc1ccc(NC(=O)CCNC(C)=O)cc1S(=O)(=O)N1CCOCC1. The van der Waals surface area contributed by atoms with E-state index in [0.717, 1.165) is 0 Å². The summed E-state index contributed by atoms with van der Waals surface area (Å²) in [5, 5.41) is 5.15. The second kappa shape index (κ2) is 8.97. The molecule has 0 aliphatic carbocycles. The first-order valence-electron chi connectivity index (χ1n) is 8.15. The third-order valence-electron chi connectivity index (χ3n) is 3.76. The van der Waals surface area contributed by atoms with Crippen molar-refractivity contribution in [1.82, 2.24) is 9.62 Å². The van der Waals surface area contributed by atoms with Gasteiger partial charge in [0.25, 0.3) is 0 Å². The van der Waals surface area contributed by atoms with Crippen LogP contribution in [-0.4, -0.2) is 64.5 Å². The summed E-state index contributed by atoms with van der Waals surface area (Å²) in [4.78, 5) is 22.8. The highest BCUT2D eigenvalue weighted by atomic mass is 32.2. The molecule has 26 heavy (non-hydrogen) atoms. The molecule has 1 saturated heterocycles. The Morgan fingerprint density at radius 1 is 1.27 bits per heavy atom. The smallest absolute Gasteiger partial charge is 0.246 e. The predicted octanol–water partition coefficient (Wildman–Crippen LogP) is 0.181. The average Bonchev–Trinajstić information content (AvgIpc) is 2.62. The maximum absolute atomic E-state index is 12.9. The van der Waals surface area contributed by atoms with Crippen molar-refractivity contribution in [2.24, 2.45) is 0 Å². The Kier molecular flexibility index (Phi) is 6.95. The number of anilines is 1. The molecule has 1 fully saturated rings. The lowest BCUT2D eigenvalue weighted by molar-refractivity contribution is -0.119. The maximum atomic E-state index is 12.9. The van der Waals surface area contributed by atoms with Crippen LogP contribution >= 0.6 is 0 Å². The van der Waals surface area contributed by atoms with Crippen LogP contribution in [0.25, 0.3) is 0 Å². The molecular weight excluding hydrogens is 362 g/mol. The van der Waals surface area contributed by atoms with Crippen molar-refractivity contribution < 1.29 is 27.5 Å². The van der Waals surface area contributed by atoms with E-state index in [1.165, 1.54) is 30.5 Å². The molecule has 0 saturated carbocycles. The fraction of sp³-hybridized carbons (Fsp3) is 0.500. The number of nitrogens with one attached hydrogen (secondary N) is 2. The predicted molar refractivity (Wildman–Crippen MR) is 94.5 cm³/mol. The molecule has 2 amide bonds. The fourth-order valence-electron chi connectivity index (χ4n) is 2.46. The third-order valence-corrected chi connectivity index (χ3v) is 5.68. The van der Waals surface area contributed by atoms with Gasteiger partial charge in [-0.1, -0.05) is 0 Å². The number of carbonyl (C=O) groups is 2. The molecule has 1 heterocycles. The first-order valence-corrected chi connectivity index (χ1v) is 9.59. The lowest BCUT2D eigenvalue weighted by atomic mass is 10.3. The van der Waals surface area contributed by atoms with E-state index in [1.807, 2.05) is 0 Å². The number of carbonyl (C=O) groups excluding carboxylic acids is 2. The molecule has 0 atom stereocenters. The molecule has 0 bridgehead atoms. The summed E-state index contributed by atoms with van der Waals surface area (Å²) in [5.74, 6) is -0.354. The number of amides is 2. The van der Waals surface area contributed by atoms with Crippen molar-refractivity contribution in [3.8, 4) is 5.75 Å². The molecule has 0 unspecified atom stereocenters. The standard InChI is InChI=1S/C16H23N3O6S/c1-12(20)17-6-5-16(21)18-13-3-4-14(24-2)15(11-13)26(22,23)19-7-9-25-10-8-19/h3-4,11H,5-10H2,1-2H3,(H,17,20)(H,18,21). The number of sulfonamides is 1. The van der Waals surface area contributed by atoms with Gasteiger partial charge in [0, 0.05) is 38.7 Å². The average molecular weight is 385 g/mol. The van der Waals surface area contributed by atoms with E-state index < -0.39 is 10.0 Å². The van der Waals surface area contributed by atoms with Crippen molar-refractivity contribution in [1.29, 1.82) is 0 Å². The van der Waals surface area contributed by atoms with Gasteiger partial charge in [0.15, 0.2) is 0 Å². The second-order valence-corrected chi connectivity index (χ2v) is 7.57. The minimum atomic E-state index is -3.77. The van der Waals surface area contributed by atoms with Gasteiger partial charge in [-0.2, -0.15) is 4.31 Å². The number of morpholine rings is 1. The first kappa shape index (κ1) is 20.1. The highest BCUT2D eigenvalue weighted by Gasteiger charge is 2.29. The molecule has 1 aliphatic rings. The third kappa shape index (κ3) is 5.16. The van der Waals surface area contributed by atoms with Gasteiger partial charge in [-0.05, 0) is 18.2 Å². The topological polar surface area (TPSA) is 114 Å². The van der Waals surface area contributed by atoms with Crippen molar-refractivity contribution in [2.75, 3.05) is 45.3 Å². The maximum Gasteiger partial charge on any atom is 0.246 e. The summed E-state index contributed by atoms with van der Waals surface area (Å²) in [7, 11) is -2.38. The molecule has 2 N–H and O–H groups in total. The second-order valence-electron chi connectivity index (χ2n) is 5.66. The van der Waals surface area contributed by atoms with Gasteiger partial charge in [0.2, 0.25) is 21.8 Å². The Morgan fingerprint density at radius 3 is 2.58 bits per heavy atom. The molecule has 0 spiro atoms. The van der Waals surface area contributed by atoms with Gasteiger partial charge >= 0.3 is 0 Å². The van der Waals surface area contributed by atoms with Crippen LogP contribution in [0.5, 0.6) is 5.75 Å². The van der Waals surface area contributed by atoms with Crippen molar-refractivity contribution in [3.63, 3.8) is 0 Å². The lowest BCUT2D eigenvalue weighted by Crippen LogP contribution is -2.40. The minimum Gasteiger partial charge on any atom is -0.495 e. The van der Waals surface area contributed by atoms with Gasteiger partial charge in [-0.15, -0.1) is 0 Å². The highest BCUT2D eigenvalue weighted by molar-refractivity contribution is 7.89. The van der Waals surface area contributed by atoms with Crippen molar-refractivity contribution in [2.45, 2.75) is 18.2 Å². The molecule has 10 heteroatoms. The lowest BCUT2D eigenvalue weighted by Gasteiger charge is -2.26. The minimum absolute atomic E-state index is 0.0124. The molecule has 9 nitrogen and oxygen atoms in total. The van der Waals surface area contributed by atoms with Gasteiger partial charge in [-0.25, -0.2) is 8.42 Å². The van der Waals surface area contributed by atoms with E-state index in [0.29, 0.717) is 18.9 Å². The number of ether oxygens (including phenoxy) is 2. The first-order chi connectivity index (χ1) is 12.3. The van der Waals surface area contributed by atoms with Crippen LogP contribution in [0.4, 0.5) is 5.69 Å².